The Labute approximate surface area is 105 Å². The average Bonchev–Trinajstić information content (AvgIpc) is 3.01. The van der Waals surface area contributed by atoms with Crippen LogP contribution in [0.1, 0.15) is 25.7 Å². The van der Waals surface area contributed by atoms with E-state index in [0.717, 1.165) is 19.4 Å². The highest BCUT2D eigenvalue weighted by atomic mass is 16.4. The predicted octanol–water partition coefficient (Wildman–Crippen LogP) is 0.111. The van der Waals surface area contributed by atoms with E-state index >= 15 is 0 Å². The van der Waals surface area contributed by atoms with Crippen LogP contribution in [-0.4, -0.2) is 63.3 Å². The maximum Gasteiger partial charge on any atom is 0.326 e. The number of hydrogen-bond donors (Lipinski definition) is 2. The number of carbonyl (C=O) groups is 2. The number of aliphatic hydroxyl groups excluding tert-OH is 1. The Morgan fingerprint density at radius 3 is 2.39 bits per heavy atom. The molecule has 1 saturated carbocycles. The number of urea groups is 1. The summed E-state index contributed by atoms with van der Waals surface area (Å²) in [6, 6.07) is -0.785. The zero-order chi connectivity index (χ0) is 12.9. The summed E-state index contributed by atoms with van der Waals surface area (Å²) in [5, 5.41) is 18.7. The van der Waals surface area contributed by atoms with Gasteiger partial charge >= 0.3 is 12.0 Å². The lowest BCUT2D eigenvalue weighted by molar-refractivity contribution is -0.141. The van der Waals surface area contributed by atoms with Crippen molar-refractivity contribution in [1.82, 2.24) is 9.80 Å². The van der Waals surface area contributed by atoms with Crippen molar-refractivity contribution in [2.45, 2.75) is 43.9 Å². The monoisotopic (exact) mass is 254 g/mol. The Balaban J connectivity index is 1.73. The van der Waals surface area contributed by atoms with Crippen molar-refractivity contribution in [3.05, 3.63) is 0 Å². The van der Waals surface area contributed by atoms with Crippen LogP contribution in [0, 0.1) is 5.92 Å². The Morgan fingerprint density at radius 1 is 1.06 bits per heavy atom. The molecular weight excluding hydrogens is 236 g/mol. The number of fused-ring (bicyclic) bond motifs is 2. The second kappa shape index (κ2) is 4.12. The normalized spacial score (nSPS) is 38.5. The van der Waals surface area contributed by atoms with Gasteiger partial charge in [-0.2, -0.15) is 0 Å². The summed E-state index contributed by atoms with van der Waals surface area (Å²) >= 11 is 0. The molecule has 0 aromatic carbocycles. The number of rotatable bonds is 1. The number of amides is 2. The molecule has 3 fully saturated rings. The Bertz CT molecular complexity index is 386. The highest BCUT2D eigenvalue weighted by Crippen LogP contribution is 2.38. The van der Waals surface area contributed by atoms with Crippen LogP contribution in [0.5, 0.6) is 0 Å². The molecule has 18 heavy (non-hydrogen) atoms. The van der Waals surface area contributed by atoms with Gasteiger partial charge in [-0.15, -0.1) is 0 Å². The first kappa shape index (κ1) is 11.8. The minimum atomic E-state index is -1.02. The van der Waals surface area contributed by atoms with Gasteiger partial charge in [0.2, 0.25) is 0 Å². The summed E-state index contributed by atoms with van der Waals surface area (Å²) in [4.78, 5) is 26.6. The number of carboxylic acids is 1. The molecule has 2 bridgehead atoms. The standard InChI is InChI=1S/C12H18N2O4/c15-9-4-10(11(16)17)14(6-9)12(18)13-5-7-1-2-8(13)3-7/h7-10,15H,1-6H2,(H,16,17). The van der Waals surface area contributed by atoms with E-state index in [1.807, 2.05) is 4.90 Å². The lowest BCUT2D eigenvalue weighted by Crippen LogP contribution is -2.50. The van der Waals surface area contributed by atoms with Gasteiger partial charge in [0.15, 0.2) is 0 Å². The molecule has 0 aromatic heterocycles. The summed E-state index contributed by atoms with van der Waals surface area (Å²) < 4.78 is 0. The molecule has 6 nitrogen and oxygen atoms in total. The van der Waals surface area contributed by atoms with Crippen LogP contribution in [0.25, 0.3) is 0 Å². The summed E-state index contributed by atoms with van der Waals surface area (Å²) in [5.74, 6) is -0.431. The van der Waals surface area contributed by atoms with E-state index in [9.17, 15) is 14.7 Å². The highest BCUT2D eigenvalue weighted by Gasteiger charge is 2.46. The van der Waals surface area contributed by atoms with Crippen molar-refractivity contribution >= 4 is 12.0 Å². The lowest BCUT2D eigenvalue weighted by atomic mass is 10.1. The van der Waals surface area contributed by atoms with Crippen molar-refractivity contribution in [3.63, 3.8) is 0 Å². The molecule has 100 valence electrons. The number of piperidine rings is 1. The third-order valence-electron chi connectivity index (χ3n) is 4.46. The van der Waals surface area contributed by atoms with Crippen LogP contribution in [0.15, 0.2) is 0 Å². The second-order valence-electron chi connectivity index (χ2n) is 5.66. The van der Waals surface area contributed by atoms with Crippen molar-refractivity contribution in [2.24, 2.45) is 5.92 Å². The number of hydrogen-bond acceptors (Lipinski definition) is 3. The number of β-amino-alcohol motifs (C(OH)–C–C–N with tert-alkyl or cyclic N) is 1. The number of carbonyl (C=O) groups excluding carboxylic acids is 1. The van der Waals surface area contributed by atoms with Crippen molar-refractivity contribution in [1.29, 1.82) is 0 Å². The third-order valence-corrected chi connectivity index (χ3v) is 4.46. The minimum absolute atomic E-state index is 0.142. The van der Waals surface area contributed by atoms with E-state index in [2.05, 4.69) is 0 Å². The van der Waals surface area contributed by atoms with Crippen molar-refractivity contribution in [3.8, 4) is 0 Å². The van der Waals surface area contributed by atoms with Crippen LogP contribution in [0.2, 0.25) is 0 Å². The maximum absolute atomic E-state index is 12.4. The van der Waals surface area contributed by atoms with Crippen molar-refractivity contribution < 1.29 is 19.8 Å². The Hall–Kier alpha value is -1.30. The molecule has 4 unspecified atom stereocenters. The zero-order valence-electron chi connectivity index (χ0n) is 10.2. The molecule has 0 aromatic rings. The Morgan fingerprint density at radius 2 is 1.83 bits per heavy atom. The van der Waals surface area contributed by atoms with E-state index in [4.69, 9.17) is 5.11 Å². The quantitative estimate of drug-likeness (QED) is 0.696. The molecule has 2 heterocycles. The summed E-state index contributed by atoms with van der Waals surface area (Å²) in [5.41, 5.74) is 0. The van der Waals surface area contributed by atoms with E-state index in [-0.39, 0.29) is 25.0 Å². The number of aliphatic carboxylic acids is 1. The van der Waals surface area contributed by atoms with Gasteiger partial charge in [0.1, 0.15) is 6.04 Å². The molecular formula is C12H18N2O4. The van der Waals surface area contributed by atoms with E-state index < -0.39 is 18.1 Å². The number of likely N-dealkylation sites (tertiary alicyclic amines) is 2. The van der Waals surface area contributed by atoms with Gasteiger partial charge in [0.25, 0.3) is 0 Å². The first-order valence-electron chi connectivity index (χ1n) is 6.54. The molecule has 4 atom stereocenters. The molecule has 1 aliphatic carbocycles. The third kappa shape index (κ3) is 1.75. The highest BCUT2D eigenvalue weighted by molar-refractivity contribution is 5.84. The predicted molar refractivity (Wildman–Crippen MR) is 62.0 cm³/mol. The summed E-state index contributed by atoms with van der Waals surface area (Å²) in [6.07, 6.45) is 2.70. The molecule has 3 aliphatic rings. The van der Waals surface area contributed by atoms with Gasteiger partial charge in [-0.05, 0) is 25.2 Å². The van der Waals surface area contributed by atoms with Crippen molar-refractivity contribution in [2.75, 3.05) is 13.1 Å². The fourth-order valence-corrected chi connectivity index (χ4v) is 3.58. The number of aliphatic hydroxyl groups is 1. The molecule has 2 N–H and O–H groups in total. The van der Waals surface area contributed by atoms with Crippen LogP contribution in [0.3, 0.4) is 0 Å². The molecule has 2 amide bonds. The fourth-order valence-electron chi connectivity index (χ4n) is 3.58. The molecule has 0 spiro atoms. The lowest BCUT2D eigenvalue weighted by Gasteiger charge is -2.32. The van der Waals surface area contributed by atoms with Crippen LogP contribution in [0.4, 0.5) is 4.79 Å². The molecule has 6 heteroatoms. The van der Waals surface area contributed by atoms with Crippen LogP contribution in [-0.2, 0) is 4.79 Å². The summed E-state index contributed by atoms with van der Waals surface area (Å²) in [7, 11) is 0. The molecule has 2 saturated heterocycles. The van der Waals surface area contributed by atoms with Crippen LogP contribution >= 0.6 is 0 Å². The van der Waals surface area contributed by atoms with E-state index in [0.29, 0.717) is 5.92 Å². The molecule has 2 aliphatic heterocycles. The van der Waals surface area contributed by atoms with E-state index in [1.165, 1.54) is 11.3 Å². The first-order valence-corrected chi connectivity index (χ1v) is 6.54. The van der Waals surface area contributed by atoms with Crippen LogP contribution < -0.4 is 0 Å². The van der Waals surface area contributed by atoms with Gasteiger partial charge in [-0.25, -0.2) is 9.59 Å². The van der Waals surface area contributed by atoms with Gasteiger partial charge in [-0.1, -0.05) is 0 Å². The topological polar surface area (TPSA) is 81.1 Å². The first-order chi connectivity index (χ1) is 8.56. The van der Waals surface area contributed by atoms with Gasteiger partial charge in [0, 0.05) is 25.6 Å². The summed E-state index contributed by atoms with van der Waals surface area (Å²) in [6.45, 7) is 0.895. The second-order valence-corrected chi connectivity index (χ2v) is 5.66. The number of nitrogens with zero attached hydrogens (tertiary/aromatic N) is 2. The number of carboxylic acid groups (broad SMARTS) is 1. The van der Waals surface area contributed by atoms with Gasteiger partial charge in [0.05, 0.1) is 6.10 Å². The maximum atomic E-state index is 12.4. The SMILES string of the molecule is O=C(O)C1CC(O)CN1C(=O)N1CC2CCC1C2. The zero-order valence-corrected chi connectivity index (χ0v) is 10.2. The molecule has 3 rings (SSSR count). The molecule has 0 radical (unpaired) electrons. The smallest absolute Gasteiger partial charge is 0.326 e. The van der Waals surface area contributed by atoms with Gasteiger partial charge < -0.3 is 20.0 Å². The Kier molecular flexibility index (Phi) is 2.69. The van der Waals surface area contributed by atoms with E-state index in [1.54, 1.807) is 0 Å². The largest absolute Gasteiger partial charge is 0.480 e. The fraction of sp³-hybridized carbons (Fsp3) is 0.833. The minimum Gasteiger partial charge on any atom is -0.480 e. The van der Waals surface area contributed by atoms with Gasteiger partial charge in [-0.3, -0.25) is 0 Å². The average molecular weight is 254 g/mol.